The normalized spacial score (nSPS) is 12.6. The summed E-state index contributed by atoms with van der Waals surface area (Å²) in [5.74, 6) is -0.267. The number of rotatable bonds is 4. The van der Waals surface area contributed by atoms with E-state index in [1.54, 1.807) is 17.4 Å². The summed E-state index contributed by atoms with van der Waals surface area (Å²) in [6.07, 6.45) is 0.762. The van der Waals surface area contributed by atoms with Crippen molar-refractivity contribution in [3.63, 3.8) is 0 Å². The third kappa shape index (κ3) is 2.68. The van der Waals surface area contributed by atoms with Crippen LogP contribution in [0.1, 0.15) is 16.4 Å². The summed E-state index contributed by atoms with van der Waals surface area (Å²) in [6.45, 7) is 0.0430. The SMILES string of the molecule is OCC(Cc1cccs1)c1cccc(F)c1. The lowest BCUT2D eigenvalue weighted by molar-refractivity contribution is 0.264. The first-order valence-corrected chi connectivity index (χ1v) is 6.06. The third-order valence-electron chi connectivity index (χ3n) is 2.57. The Bertz CT molecular complexity index is 439. The zero-order valence-corrected chi connectivity index (χ0v) is 9.58. The Morgan fingerprint density at radius 1 is 1.25 bits per heavy atom. The van der Waals surface area contributed by atoms with Crippen molar-refractivity contribution in [2.45, 2.75) is 12.3 Å². The monoisotopic (exact) mass is 236 g/mol. The molecule has 16 heavy (non-hydrogen) atoms. The molecule has 0 fully saturated rings. The second-order valence-corrected chi connectivity index (χ2v) is 4.75. The molecule has 1 unspecified atom stereocenters. The molecule has 0 aliphatic heterocycles. The van der Waals surface area contributed by atoms with E-state index in [4.69, 9.17) is 0 Å². The molecule has 1 aromatic heterocycles. The fraction of sp³-hybridized carbons (Fsp3) is 0.231. The van der Waals surface area contributed by atoms with Crippen LogP contribution in [0.15, 0.2) is 41.8 Å². The lowest BCUT2D eigenvalue weighted by atomic mass is 9.96. The molecule has 3 heteroatoms. The van der Waals surface area contributed by atoms with E-state index in [2.05, 4.69) is 0 Å². The maximum absolute atomic E-state index is 13.1. The minimum atomic E-state index is -0.248. The predicted octanol–water partition coefficient (Wildman–Crippen LogP) is 3.21. The molecule has 1 aromatic carbocycles. The van der Waals surface area contributed by atoms with Crippen molar-refractivity contribution in [1.29, 1.82) is 0 Å². The van der Waals surface area contributed by atoms with E-state index >= 15 is 0 Å². The first-order valence-electron chi connectivity index (χ1n) is 5.18. The number of benzene rings is 1. The highest BCUT2D eigenvalue weighted by atomic mass is 32.1. The number of hydrogen-bond acceptors (Lipinski definition) is 2. The zero-order valence-electron chi connectivity index (χ0n) is 8.77. The van der Waals surface area contributed by atoms with Gasteiger partial charge in [-0.25, -0.2) is 4.39 Å². The average molecular weight is 236 g/mol. The van der Waals surface area contributed by atoms with Crippen LogP contribution in [0, 0.1) is 5.82 Å². The minimum absolute atomic E-state index is 0.0191. The smallest absolute Gasteiger partial charge is 0.123 e. The largest absolute Gasteiger partial charge is 0.396 e. The first-order chi connectivity index (χ1) is 7.79. The van der Waals surface area contributed by atoms with Crippen LogP contribution in [0.25, 0.3) is 0 Å². The van der Waals surface area contributed by atoms with Crippen molar-refractivity contribution < 1.29 is 9.50 Å². The van der Waals surface area contributed by atoms with Gasteiger partial charge in [-0.1, -0.05) is 18.2 Å². The second-order valence-electron chi connectivity index (χ2n) is 3.72. The number of aliphatic hydroxyl groups excluding tert-OH is 1. The minimum Gasteiger partial charge on any atom is -0.396 e. The van der Waals surface area contributed by atoms with E-state index in [1.807, 2.05) is 23.6 Å². The molecule has 0 bridgehead atoms. The van der Waals surface area contributed by atoms with E-state index in [9.17, 15) is 9.50 Å². The van der Waals surface area contributed by atoms with Gasteiger partial charge in [0.1, 0.15) is 5.82 Å². The molecule has 0 saturated heterocycles. The Kier molecular flexibility index (Phi) is 3.70. The van der Waals surface area contributed by atoms with Gasteiger partial charge in [-0.05, 0) is 35.6 Å². The fourth-order valence-electron chi connectivity index (χ4n) is 1.72. The molecule has 1 N–H and O–H groups in total. The molecule has 2 aromatic rings. The Morgan fingerprint density at radius 2 is 2.12 bits per heavy atom. The van der Waals surface area contributed by atoms with Gasteiger partial charge in [-0.2, -0.15) is 0 Å². The van der Waals surface area contributed by atoms with Crippen LogP contribution in [-0.4, -0.2) is 11.7 Å². The van der Waals surface area contributed by atoms with E-state index in [0.717, 1.165) is 12.0 Å². The average Bonchev–Trinajstić information content (AvgIpc) is 2.78. The third-order valence-corrected chi connectivity index (χ3v) is 3.47. The molecule has 1 heterocycles. The van der Waals surface area contributed by atoms with Crippen LogP contribution >= 0.6 is 11.3 Å². The molecular weight excluding hydrogens is 223 g/mol. The molecule has 0 amide bonds. The molecule has 2 rings (SSSR count). The van der Waals surface area contributed by atoms with Crippen molar-refractivity contribution in [2.24, 2.45) is 0 Å². The highest BCUT2D eigenvalue weighted by Gasteiger charge is 2.12. The molecular formula is C13H13FOS. The number of hydrogen-bond donors (Lipinski definition) is 1. The highest BCUT2D eigenvalue weighted by Crippen LogP contribution is 2.23. The van der Waals surface area contributed by atoms with E-state index < -0.39 is 0 Å². The van der Waals surface area contributed by atoms with Gasteiger partial charge >= 0.3 is 0 Å². The second kappa shape index (κ2) is 5.23. The number of aliphatic hydroxyl groups is 1. The Hall–Kier alpha value is -1.19. The van der Waals surface area contributed by atoms with Gasteiger partial charge in [0.05, 0.1) is 6.61 Å². The van der Waals surface area contributed by atoms with Crippen molar-refractivity contribution in [2.75, 3.05) is 6.61 Å². The fourth-order valence-corrected chi connectivity index (χ4v) is 2.51. The first kappa shape index (κ1) is 11.3. The Labute approximate surface area is 98.2 Å². The molecule has 0 radical (unpaired) electrons. The van der Waals surface area contributed by atoms with Crippen molar-refractivity contribution in [3.8, 4) is 0 Å². The van der Waals surface area contributed by atoms with Crippen LogP contribution in [0.4, 0.5) is 4.39 Å². The zero-order chi connectivity index (χ0) is 11.4. The van der Waals surface area contributed by atoms with Crippen molar-refractivity contribution in [1.82, 2.24) is 0 Å². The van der Waals surface area contributed by atoms with E-state index in [1.165, 1.54) is 17.0 Å². The van der Waals surface area contributed by atoms with Crippen LogP contribution < -0.4 is 0 Å². The van der Waals surface area contributed by atoms with Gasteiger partial charge in [-0.15, -0.1) is 11.3 Å². The Morgan fingerprint density at radius 3 is 2.75 bits per heavy atom. The summed E-state index contributed by atoms with van der Waals surface area (Å²) in [5.41, 5.74) is 0.857. The van der Waals surface area contributed by atoms with E-state index in [-0.39, 0.29) is 18.3 Å². The lowest BCUT2D eigenvalue weighted by Gasteiger charge is -2.13. The molecule has 84 valence electrons. The summed E-state index contributed by atoms with van der Waals surface area (Å²) in [5, 5.41) is 11.4. The van der Waals surface area contributed by atoms with Gasteiger partial charge in [0.15, 0.2) is 0 Å². The number of thiophene rings is 1. The summed E-state index contributed by atoms with van der Waals surface area (Å²) in [6, 6.07) is 10.5. The van der Waals surface area contributed by atoms with Crippen LogP contribution in [-0.2, 0) is 6.42 Å². The highest BCUT2D eigenvalue weighted by molar-refractivity contribution is 7.09. The van der Waals surface area contributed by atoms with Crippen LogP contribution in [0.3, 0.4) is 0 Å². The topological polar surface area (TPSA) is 20.2 Å². The van der Waals surface area contributed by atoms with Crippen LogP contribution in [0.5, 0.6) is 0 Å². The summed E-state index contributed by atoms with van der Waals surface area (Å²) in [4.78, 5) is 1.21. The lowest BCUT2D eigenvalue weighted by Crippen LogP contribution is -2.07. The summed E-state index contributed by atoms with van der Waals surface area (Å²) < 4.78 is 13.1. The van der Waals surface area contributed by atoms with Gasteiger partial charge in [0, 0.05) is 10.8 Å². The molecule has 0 aliphatic carbocycles. The standard InChI is InChI=1S/C13H13FOS/c14-12-4-1-3-10(7-12)11(9-15)8-13-5-2-6-16-13/h1-7,11,15H,8-9H2. The molecule has 1 nitrogen and oxygen atoms in total. The maximum atomic E-state index is 13.1. The van der Waals surface area contributed by atoms with Crippen LogP contribution in [0.2, 0.25) is 0 Å². The van der Waals surface area contributed by atoms with Crippen molar-refractivity contribution in [3.05, 3.63) is 58.0 Å². The van der Waals surface area contributed by atoms with Gasteiger partial charge in [-0.3, -0.25) is 0 Å². The maximum Gasteiger partial charge on any atom is 0.123 e. The summed E-state index contributed by atoms with van der Waals surface area (Å²) in [7, 11) is 0. The molecule has 0 spiro atoms. The van der Waals surface area contributed by atoms with Gasteiger partial charge in [0.2, 0.25) is 0 Å². The molecule has 0 saturated carbocycles. The number of halogens is 1. The van der Waals surface area contributed by atoms with Crippen molar-refractivity contribution >= 4 is 11.3 Å². The van der Waals surface area contributed by atoms with Gasteiger partial charge < -0.3 is 5.11 Å². The van der Waals surface area contributed by atoms with Gasteiger partial charge in [0.25, 0.3) is 0 Å². The molecule has 1 atom stereocenters. The predicted molar refractivity (Wildman–Crippen MR) is 64.2 cm³/mol. The Balaban J connectivity index is 2.16. The molecule has 0 aliphatic rings. The van der Waals surface area contributed by atoms with E-state index in [0.29, 0.717) is 0 Å². The summed E-state index contributed by atoms with van der Waals surface area (Å²) >= 11 is 1.66. The quantitative estimate of drug-likeness (QED) is 0.864.